The summed E-state index contributed by atoms with van der Waals surface area (Å²) in [5.74, 6) is 0.765. The van der Waals surface area contributed by atoms with Crippen LogP contribution in [0.15, 0.2) is 42.5 Å². The summed E-state index contributed by atoms with van der Waals surface area (Å²) in [4.78, 5) is 4.64. The van der Waals surface area contributed by atoms with Gasteiger partial charge in [0.15, 0.2) is 0 Å². The van der Waals surface area contributed by atoms with Gasteiger partial charge in [0.05, 0.1) is 18.5 Å². The minimum Gasteiger partial charge on any atom is -0.496 e. The third kappa shape index (κ3) is 1.94. The van der Waals surface area contributed by atoms with Crippen LogP contribution in [0, 0.1) is 0 Å². The van der Waals surface area contributed by atoms with Crippen LogP contribution < -0.4 is 10.5 Å². The first-order valence-corrected chi connectivity index (χ1v) is 6.63. The van der Waals surface area contributed by atoms with Crippen LogP contribution in [0.25, 0.3) is 16.9 Å². The minimum absolute atomic E-state index is 0.346. The molecule has 1 aromatic carbocycles. The maximum atomic E-state index is 6.25. The van der Waals surface area contributed by atoms with Gasteiger partial charge in [0.25, 0.3) is 0 Å². The van der Waals surface area contributed by atoms with Crippen LogP contribution >= 0.6 is 11.6 Å². The Labute approximate surface area is 121 Å². The van der Waals surface area contributed by atoms with Gasteiger partial charge in [-0.3, -0.25) is 4.40 Å². The molecule has 0 aliphatic carbocycles. The SMILES string of the molecule is COc1ccccc1-c1nc2cccc(Cl)n2c1CN. The van der Waals surface area contributed by atoms with E-state index in [0.29, 0.717) is 11.7 Å². The van der Waals surface area contributed by atoms with Crippen LogP contribution in [-0.4, -0.2) is 16.5 Å². The molecule has 2 aromatic heterocycles. The second-order valence-electron chi connectivity index (χ2n) is 4.35. The summed E-state index contributed by atoms with van der Waals surface area (Å²) in [6.07, 6.45) is 0. The van der Waals surface area contributed by atoms with Gasteiger partial charge in [-0.15, -0.1) is 0 Å². The van der Waals surface area contributed by atoms with Crippen LogP contribution in [0.2, 0.25) is 5.15 Å². The highest BCUT2D eigenvalue weighted by molar-refractivity contribution is 6.29. The van der Waals surface area contributed by atoms with E-state index in [1.807, 2.05) is 46.9 Å². The summed E-state index contributed by atoms with van der Waals surface area (Å²) in [7, 11) is 1.64. The Kier molecular flexibility index (Phi) is 3.34. The predicted molar refractivity (Wildman–Crippen MR) is 80.1 cm³/mol. The monoisotopic (exact) mass is 287 g/mol. The molecule has 0 aliphatic rings. The van der Waals surface area contributed by atoms with E-state index in [0.717, 1.165) is 28.3 Å². The van der Waals surface area contributed by atoms with E-state index in [9.17, 15) is 0 Å². The number of para-hydroxylation sites is 1. The zero-order valence-electron chi connectivity index (χ0n) is 11.0. The number of halogens is 1. The molecule has 2 heterocycles. The first-order valence-electron chi connectivity index (χ1n) is 6.25. The lowest BCUT2D eigenvalue weighted by atomic mass is 10.1. The van der Waals surface area contributed by atoms with Gasteiger partial charge in [0.2, 0.25) is 0 Å². The zero-order chi connectivity index (χ0) is 14.1. The number of nitrogens with two attached hydrogens (primary N) is 1. The van der Waals surface area contributed by atoms with E-state index >= 15 is 0 Å². The first-order chi connectivity index (χ1) is 9.76. The molecule has 0 aliphatic heterocycles. The quantitative estimate of drug-likeness (QED) is 0.753. The van der Waals surface area contributed by atoms with Gasteiger partial charge < -0.3 is 10.5 Å². The Balaban J connectivity index is 2.34. The normalized spacial score (nSPS) is 10.9. The average Bonchev–Trinajstić information content (AvgIpc) is 2.87. The van der Waals surface area contributed by atoms with E-state index in [1.54, 1.807) is 7.11 Å². The Hall–Kier alpha value is -2.04. The van der Waals surface area contributed by atoms with E-state index < -0.39 is 0 Å². The van der Waals surface area contributed by atoms with Crippen molar-refractivity contribution in [2.75, 3.05) is 7.11 Å². The second-order valence-corrected chi connectivity index (χ2v) is 4.74. The van der Waals surface area contributed by atoms with Crippen molar-refractivity contribution in [1.82, 2.24) is 9.38 Å². The van der Waals surface area contributed by atoms with Gasteiger partial charge >= 0.3 is 0 Å². The van der Waals surface area contributed by atoms with Crippen LogP contribution in [0.5, 0.6) is 5.75 Å². The molecule has 0 unspecified atom stereocenters. The van der Waals surface area contributed by atoms with Crippen molar-refractivity contribution < 1.29 is 4.74 Å². The number of fused-ring (bicyclic) bond motifs is 1. The van der Waals surface area contributed by atoms with E-state index in [4.69, 9.17) is 22.1 Å². The summed E-state index contributed by atoms with van der Waals surface area (Å²) in [6.45, 7) is 0.346. The van der Waals surface area contributed by atoms with Crippen molar-refractivity contribution in [3.63, 3.8) is 0 Å². The molecule has 4 nitrogen and oxygen atoms in total. The zero-order valence-corrected chi connectivity index (χ0v) is 11.8. The number of pyridine rings is 1. The smallest absolute Gasteiger partial charge is 0.138 e. The number of aromatic nitrogens is 2. The van der Waals surface area contributed by atoms with Gasteiger partial charge in [-0.25, -0.2) is 4.98 Å². The van der Waals surface area contributed by atoms with E-state index in [2.05, 4.69) is 4.98 Å². The summed E-state index contributed by atoms with van der Waals surface area (Å²) in [5, 5.41) is 0.594. The molecule has 5 heteroatoms. The molecule has 0 saturated heterocycles. The second kappa shape index (κ2) is 5.15. The number of methoxy groups -OCH3 is 1. The number of hydrogen-bond acceptors (Lipinski definition) is 3. The molecule has 0 spiro atoms. The van der Waals surface area contributed by atoms with Gasteiger partial charge in [0.1, 0.15) is 16.5 Å². The minimum atomic E-state index is 0.346. The van der Waals surface area contributed by atoms with Crippen molar-refractivity contribution in [2.45, 2.75) is 6.54 Å². The lowest BCUT2D eigenvalue weighted by Gasteiger charge is -2.08. The highest BCUT2D eigenvalue weighted by atomic mass is 35.5. The van der Waals surface area contributed by atoms with Crippen LogP contribution in [0.3, 0.4) is 0 Å². The number of hydrogen-bond donors (Lipinski definition) is 1. The van der Waals surface area contributed by atoms with Crippen molar-refractivity contribution >= 4 is 17.2 Å². The molecule has 2 N–H and O–H groups in total. The third-order valence-corrected chi connectivity index (χ3v) is 3.54. The number of ether oxygens (including phenoxy) is 1. The fourth-order valence-corrected chi connectivity index (χ4v) is 2.62. The molecule has 3 aromatic rings. The molecular weight excluding hydrogens is 274 g/mol. The Morgan fingerprint density at radius 2 is 2.00 bits per heavy atom. The molecule has 0 amide bonds. The first kappa shape index (κ1) is 13.0. The molecule has 0 atom stereocenters. The number of nitrogens with zero attached hydrogens (tertiary/aromatic N) is 2. The molecule has 3 rings (SSSR count). The summed E-state index contributed by atoms with van der Waals surface area (Å²) in [6, 6.07) is 13.3. The van der Waals surface area contributed by atoms with Gasteiger partial charge in [-0.2, -0.15) is 0 Å². The maximum absolute atomic E-state index is 6.25. The van der Waals surface area contributed by atoms with Gasteiger partial charge in [-0.1, -0.05) is 29.8 Å². The Morgan fingerprint density at radius 3 is 2.75 bits per heavy atom. The molecule has 0 radical (unpaired) electrons. The third-order valence-electron chi connectivity index (χ3n) is 3.25. The molecule has 102 valence electrons. The number of benzene rings is 1. The van der Waals surface area contributed by atoms with E-state index in [1.165, 1.54) is 0 Å². The fraction of sp³-hybridized carbons (Fsp3) is 0.133. The molecule has 0 bridgehead atoms. The summed E-state index contributed by atoms with van der Waals surface area (Å²) < 4.78 is 7.27. The van der Waals surface area contributed by atoms with Crippen LogP contribution in [0.1, 0.15) is 5.69 Å². The van der Waals surface area contributed by atoms with Crippen LogP contribution in [0.4, 0.5) is 0 Å². The number of imidazole rings is 1. The molecule has 0 saturated carbocycles. The molecule has 20 heavy (non-hydrogen) atoms. The fourth-order valence-electron chi connectivity index (χ4n) is 2.36. The Morgan fingerprint density at radius 1 is 1.20 bits per heavy atom. The lowest BCUT2D eigenvalue weighted by Crippen LogP contribution is -2.03. The van der Waals surface area contributed by atoms with Gasteiger partial charge in [0, 0.05) is 12.1 Å². The van der Waals surface area contributed by atoms with Crippen molar-refractivity contribution in [3.05, 3.63) is 53.3 Å². The standard InChI is InChI=1S/C15H14ClN3O/c1-20-12-6-3-2-5-10(12)15-11(9-17)19-13(16)7-4-8-14(19)18-15/h2-8H,9,17H2,1H3. The summed E-state index contributed by atoms with van der Waals surface area (Å²) >= 11 is 6.25. The summed E-state index contributed by atoms with van der Waals surface area (Å²) in [5.41, 5.74) is 9.26. The Bertz CT molecular complexity index is 767. The van der Waals surface area contributed by atoms with E-state index in [-0.39, 0.29) is 0 Å². The molecular formula is C15H14ClN3O. The molecule has 0 fully saturated rings. The van der Waals surface area contributed by atoms with Crippen LogP contribution in [-0.2, 0) is 6.54 Å². The van der Waals surface area contributed by atoms with Crippen molar-refractivity contribution in [3.8, 4) is 17.0 Å². The highest BCUT2D eigenvalue weighted by Crippen LogP contribution is 2.33. The van der Waals surface area contributed by atoms with Gasteiger partial charge in [-0.05, 0) is 24.3 Å². The van der Waals surface area contributed by atoms with Crippen molar-refractivity contribution in [2.24, 2.45) is 5.73 Å². The highest BCUT2D eigenvalue weighted by Gasteiger charge is 2.17. The topological polar surface area (TPSA) is 52.5 Å². The number of rotatable bonds is 3. The lowest BCUT2D eigenvalue weighted by molar-refractivity contribution is 0.416. The van der Waals surface area contributed by atoms with Crippen molar-refractivity contribution in [1.29, 1.82) is 0 Å². The largest absolute Gasteiger partial charge is 0.496 e. The maximum Gasteiger partial charge on any atom is 0.138 e. The average molecular weight is 288 g/mol. The predicted octanol–water partition coefficient (Wildman–Crippen LogP) is 3.12.